The van der Waals surface area contributed by atoms with Crippen LogP contribution in [-0.2, 0) is 23.2 Å². The lowest BCUT2D eigenvalue weighted by molar-refractivity contribution is -0.142. The van der Waals surface area contributed by atoms with E-state index >= 15 is 0 Å². The smallest absolute Gasteiger partial charge is 0.313 e. The maximum absolute atomic E-state index is 11.4. The highest BCUT2D eigenvalue weighted by Gasteiger charge is 2.33. The van der Waals surface area contributed by atoms with E-state index in [1.165, 1.54) is 0 Å². The second kappa shape index (κ2) is 6.80. The second-order valence-corrected chi connectivity index (χ2v) is 8.06. The van der Waals surface area contributed by atoms with Gasteiger partial charge in [0.2, 0.25) is 0 Å². The lowest BCUT2D eigenvalue weighted by Crippen LogP contribution is -2.28. The number of rotatable bonds is 6. The Kier molecular flexibility index (Phi) is 4.81. The van der Waals surface area contributed by atoms with Gasteiger partial charge in [-0.3, -0.25) is 4.79 Å². The number of ether oxygens (including phenoxy) is 3. The Labute approximate surface area is 159 Å². The summed E-state index contributed by atoms with van der Waals surface area (Å²) in [6.45, 7) is 7.84. The first kappa shape index (κ1) is 19.1. The summed E-state index contributed by atoms with van der Waals surface area (Å²) in [6, 6.07) is 11.1. The van der Waals surface area contributed by atoms with Gasteiger partial charge in [-0.05, 0) is 57.5 Å². The summed E-state index contributed by atoms with van der Waals surface area (Å²) < 4.78 is 17.4. The lowest BCUT2D eigenvalue weighted by Gasteiger charge is -2.20. The first-order chi connectivity index (χ1) is 12.6. The number of methoxy groups -OCH3 is 1. The number of carboxylic acids is 1. The number of hydrogen-bond donors (Lipinski definition) is 1. The molecule has 144 valence electrons. The van der Waals surface area contributed by atoms with Gasteiger partial charge in [-0.1, -0.05) is 12.1 Å². The van der Waals surface area contributed by atoms with Gasteiger partial charge in [0.15, 0.2) is 0 Å². The fourth-order valence-corrected chi connectivity index (χ4v) is 3.23. The van der Waals surface area contributed by atoms with Crippen molar-refractivity contribution in [3.8, 4) is 17.2 Å². The Morgan fingerprint density at radius 3 is 2.44 bits per heavy atom. The normalized spacial score (nSPS) is 15.0. The minimum atomic E-state index is -0.939. The first-order valence-corrected chi connectivity index (χ1v) is 8.98. The van der Waals surface area contributed by atoms with E-state index in [1.54, 1.807) is 45.2 Å². The topological polar surface area (TPSA) is 65.0 Å². The number of hydrogen-bond acceptors (Lipinski definition) is 4. The molecule has 0 atom stereocenters. The molecule has 1 aliphatic heterocycles. The second-order valence-electron chi connectivity index (χ2n) is 8.06. The molecule has 1 N–H and O–H groups in total. The molecule has 0 bridgehead atoms. The largest absolute Gasteiger partial charge is 0.497 e. The Bertz CT molecular complexity index is 850. The summed E-state index contributed by atoms with van der Waals surface area (Å²) in [4.78, 5) is 11.4. The SMILES string of the molecule is COc1cc(COc2ccc(C(C)(C)C(=O)O)cc2)c2c(c1)CC(C)(C)O2. The van der Waals surface area contributed by atoms with Crippen molar-refractivity contribution in [1.29, 1.82) is 0 Å². The zero-order valence-corrected chi connectivity index (χ0v) is 16.5. The number of aliphatic carboxylic acids is 1. The molecule has 0 unspecified atom stereocenters. The van der Waals surface area contributed by atoms with Crippen molar-refractivity contribution in [2.75, 3.05) is 7.11 Å². The highest BCUT2D eigenvalue weighted by molar-refractivity contribution is 5.80. The van der Waals surface area contributed by atoms with Crippen LogP contribution in [0.3, 0.4) is 0 Å². The molecule has 2 aromatic carbocycles. The molecule has 0 spiro atoms. The van der Waals surface area contributed by atoms with Crippen molar-refractivity contribution >= 4 is 5.97 Å². The van der Waals surface area contributed by atoms with Crippen LogP contribution < -0.4 is 14.2 Å². The molecule has 0 fully saturated rings. The number of fused-ring (bicyclic) bond motifs is 1. The first-order valence-electron chi connectivity index (χ1n) is 8.98. The molecule has 1 aliphatic rings. The van der Waals surface area contributed by atoms with Gasteiger partial charge in [0, 0.05) is 17.5 Å². The number of benzene rings is 2. The molecule has 0 radical (unpaired) electrons. The molecule has 2 aromatic rings. The van der Waals surface area contributed by atoms with Crippen LogP contribution in [0, 0.1) is 0 Å². The van der Waals surface area contributed by atoms with Crippen LogP contribution in [0.15, 0.2) is 36.4 Å². The summed E-state index contributed by atoms with van der Waals surface area (Å²) in [6.07, 6.45) is 0.825. The third kappa shape index (κ3) is 3.87. The van der Waals surface area contributed by atoms with E-state index in [0.29, 0.717) is 12.4 Å². The monoisotopic (exact) mass is 370 g/mol. The quantitative estimate of drug-likeness (QED) is 0.819. The van der Waals surface area contributed by atoms with E-state index in [9.17, 15) is 9.90 Å². The van der Waals surface area contributed by atoms with Gasteiger partial charge < -0.3 is 19.3 Å². The van der Waals surface area contributed by atoms with Crippen molar-refractivity contribution in [2.45, 2.75) is 51.7 Å². The predicted octanol–water partition coefficient (Wildman–Crippen LogP) is 4.35. The van der Waals surface area contributed by atoms with Crippen LogP contribution >= 0.6 is 0 Å². The van der Waals surface area contributed by atoms with Crippen molar-refractivity contribution in [3.63, 3.8) is 0 Å². The molecule has 1 heterocycles. The fraction of sp³-hybridized carbons (Fsp3) is 0.409. The predicted molar refractivity (Wildman–Crippen MR) is 103 cm³/mol. The lowest BCUT2D eigenvalue weighted by atomic mass is 9.85. The molecule has 27 heavy (non-hydrogen) atoms. The van der Waals surface area contributed by atoms with Crippen LogP contribution in [-0.4, -0.2) is 23.8 Å². The van der Waals surface area contributed by atoms with Crippen molar-refractivity contribution < 1.29 is 24.1 Å². The van der Waals surface area contributed by atoms with E-state index in [0.717, 1.165) is 34.6 Å². The van der Waals surface area contributed by atoms with E-state index in [2.05, 4.69) is 13.8 Å². The molecule has 0 amide bonds. The maximum atomic E-state index is 11.4. The summed E-state index contributed by atoms with van der Waals surface area (Å²) in [5.74, 6) is 1.47. The maximum Gasteiger partial charge on any atom is 0.313 e. The highest BCUT2D eigenvalue weighted by atomic mass is 16.5. The van der Waals surface area contributed by atoms with Crippen molar-refractivity contribution in [3.05, 3.63) is 53.1 Å². The zero-order valence-electron chi connectivity index (χ0n) is 16.5. The molecule has 5 nitrogen and oxygen atoms in total. The molecule has 3 rings (SSSR count). The van der Waals surface area contributed by atoms with Crippen LogP contribution in [0.5, 0.6) is 17.2 Å². The van der Waals surface area contributed by atoms with Crippen LogP contribution in [0.2, 0.25) is 0 Å². The highest BCUT2D eigenvalue weighted by Crippen LogP contribution is 2.40. The average molecular weight is 370 g/mol. The minimum absolute atomic E-state index is 0.243. The molecule has 5 heteroatoms. The third-order valence-electron chi connectivity index (χ3n) is 4.95. The molecule has 0 saturated heterocycles. The molecule has 0 saturated carbocycles. The number of carboxylic acid groups (broad SMARTS) is 1. The standard InChI is InChI=1S/C22H26O5/c1-21(2)12-14-10-18(25-5)11-15(19(14)27-21)13-26-17-8-6-16(7-9-17)22(3,4)20(23)24/h6-11H,12-13H2,1-5H3,(H,23,24). The van der Waals surface area contributed by atoms with Crippen LogP contribution in [0.1, 0.15) is 44.4 Å². The molecule has 0 aliphatic carbocycles. The Morgan fingerprint density at radius 1 is 1.19 bits per heavy atom. The summed E-state index contributed by atoms with van der Waals surface area (Å²) in [5, 5.41) is 9.34. The van der Waals surface area contributed by atoms with Gasteiger partial charge >= 0.3 is 5.97 Å². The summed E-state index contributed by atoms with van der Waals surface area (Å²) in [5.41, 5.74) is 1.61. The Balaban J connectivity index is 1.78. The minimum Gasteiger partial charge on any atom is -0.497 e. The summed E-state index contributed by atoms with van der Waals surface area (Å²) in [7, 11) is 1.65. The van der Waals surface area contributed by atoms with Gasteiger partial charge in [-0.15, -0.1) is 0 Å². The van der Waals surface area contributed by atoms with E-state index < -0.39 is 11.4 Å². The average Bonchev–Trinajstić information content (AvgIpc) is 2.93. The van der Waals surface area contributed by atoms with E-state index in [4.69, 9.17) is 14.2 Å². The Morgan fingerprint density at radius 2 is 1.85 bits per heavy atom. The number of carbonyl (C=O) groups is 1. The zero-order chi connectivity index (χ0) is 19.8. The van der Waals surface area contributed by atoms with Crippen molar-refractivity contribution in [2.24, 2.45) is 0 Å². The van der Waals surface area contributed by atoms with Gasteiger partial charge in [0.05, 0.1) is 12.5 Å². The van der Waals surface area contributed by atoms with Crippen LogP contribution in [0.25, 0.3) is 0 Å². The molecule has 0 aromatic heterocycles. The van der Waals surface area contributed by atoms with Crippen molar-refractivity contribution in [1.82, 2.24) is 0 Å². The summed E-state index contributed by atoms with van der Waals surface area (Å²) >= 11 is 0. The molecular formula is C22H26O5. The molecular weight excluding hydrogens is 344 g/mol. The van der Waals surface area contributed by atoms with E-state index in [1.807, 2.05) is 12.1 Å². The van der Waals surface area contributed by atoms with Gasteiger partial charge in [-0.25, -0.2) is 0 Å². The third-order valence-corrected chi connectivity index (χ3v) is 4.95. The van der Waals surface area contributed by atoms with Gasteiger partial charge in [-0.2, -0.15) is 0 Å². The van der Waals surface area contributed by atoms with E-state index in [-0.39, 0.29) is 5.60 Å². The van der Waals surface area contributed by atoms with Gasteiger partial charge in [0.1, 0.15) is 29.5 Å². The van der Waals surface area contributed by atoms with Gasteiger partial charge in [0.25, 0.3) is 0 Å². The Hall–Kier alpha value is -2.69. The van der Waals surface area contributed by atoms with Crippen LogP contribution in [0.4, 0.5) is 0 Å². The fourth-order valence-electron chi connectivity index (χ4n) is 3.23.